The molecule has 1 saturated carbocycles. The lowest BCUT2D eigenvalue weighted by Gasteiger charge is -2.48. The van der Waals surface area contributed by atoms with Gasteiger partial charge >= 0.3 is 0 Å². The van der Waals surface area contributed by atoms with Crippen LogP contribution in [0.25, 0.3) is 0 Å². The van der Waals surface area contributed by atoms with Crippen LogP contribution in [0.15, 0.2) is 0 Å². The Kier molecular flexibility index (Phi) is 5.28. The van der Waals surface area contributed by atoms with E-state index in [0.29, 0.717) is 18.8 Å². The van der Waals surface area contributed by atoms with Crippen molar-refractivity contribution >= 4 is 11.8 Å². The number of hydrogen-bond acceptors (Lipinski definition) is 2. The van der Waals surface area contributed by atoms with Crippen LogP contribution in [0.4, 0.5) is 0 Å². The van der Waals surface area contributed by atoms with E-state index in [2.05, 4.69) is 12.2 Å². The Morgan fingerprint density at radius 2 is 1.76 bits per heavy atom. The zero-order valence-corrected chi connectivity index (χ0v) is 13.8. The number of piperazine rings is 1. The predicted molar refractivity (Wildman–Crippen MR) is 83.8 cm³/mol. The Labute approximate surface area is 128 Å². The second-order valence-corrected chi connectivity index (χ2v) is 6.58. The maximum atomic E-state index is 12.9. The van der Waals surface area contributed by atoms with Crippen LogP contribution < -0.4 is 5.32 Å². The van der Waals surface area contributed by atoms with Gasteiger partial charge in [-0.15, -0.1) is 0 Å². The van der Waals surface area contributed by atoms with Crippen molar-refractivity contribution in [3.05, 3.63) is 0 Å². The van der Waals surface area contributed by atoms with E-state index >= 15 is 0 Å². The molecule has 0 aromatic heterocycles. The monoisotopic (exact) mass is 294 g/mol. The summed E-state index contributed by atoms with van der Waals surface area (Å²) < 4.78 is 0. The summed E-state index contributed by atoms with van der Waals surface area (Å²) in [5, 5.41) is 3.02. The van der Waals surface area contributed by atoms with Crippen molar-refractivity contribution in [2.45, 2.75) is 83.7 Å². The minimum absolute atomic E-state index is 0.0690. The number of unbranched alkanes of at least 4 members (excludes halogenated alkanes) is 3. The minimum atomic E-state index is -0.616. The third kappa shape index (κ3) is 3.09. The van der Waals surface area contributed by atoms with Gasteiger partial charge in [0.2, 0.25) is 11.8 Å². The fraction of sp³-hybridized carbons (Fsp3) is 0.882. The lowest BCUT2D eigenvalue weighted by molar-refractivity contribution is -0.159. The lowest BCUT2D eigenvalue weighted by Crippen LogP contribution is -2.70. The number of carbonyl (C=O) groups is 2. The largest absolute Gasteiger partial charge is 0.342 e. The van der Waals surface area contributed by atoms with E-state index in [1.807, 2.05) is 18.7 Å². The highest BCUT2D eigenvalue weighted by Crippen LogP contribution is 2.38. The van der Waals surface area contributed by atoms with Crippen molar-refractivity contribution < 1.29 is 9.59 Å². The van der Waals surface area contributed by atoms with Crippen molar-refractivity contribution in [2.24, 2.45) is 5.92 Å². The molecule has 0 aromatic rings. The van der Waals surface area contributed by atoms with Gasteiger partial charge in [0.15, 0.2) is 0 Å². The van der Waals surface area contributed by atoms with E-state index in [9.17, 15) is 9.59 Å². The summed E-state index contributed by atoms with van der Waals surface area (Å²) in [4.78, 5) is 27.4. The van der Waals surface area contributed by atoms with Gasteiger partial charge in [-0.05, 0) is 38.0 Å². The smallest absolute Gasteiger partial charge is 0.246 e. The van der Waals surface area contributed by atoms with E-state index in [1.54, 1.807) is 0 Å². The summed E-state index contributed by atoms with van der Waals surface area (Å²) in [5.41, 5.74) is -0.616. The summed E-state index contributed by atoms with van der Waals surface area (Å²) in [6, 6.07) is -0.255. The van der Waals surface area contributed by atoms with Crippen LogP contribution >= 0.6 is 0 Å². The minimum Gasteiger partial charge on any atom is -0.342 e. The Morgan fingerprint density at radius 1 is 1.10 bits per heavy atom. The highest BCUT2D eigenvalue weighted by atomic mass is 16.2. The standard InChI is InChI=1S/C17H30N2O2/c1-4-7-8-9-12-19-15(20)14(13-10-11-13)18-16(21)17(19,5-2)6-3/h13-14H,4-12H2,1-3H3,(H,18,21). The molecule has 2 amide bonds. The Bertz CT molecular complexity index is 386. The first-order valence-electron chi connectivity index (χ1n) is 8.73. The molecular formula is C17H30N2O2. The van der Waals surface area contributed by atoms with E-state index in [0.717, 1.165) is 32.2 Å². The van der Waals surface area contributed by atoms with E-state index in [4.69, 9.17) is 0 Å². The van der Waals surface area contributed by atoms with E-state index in [1.165, 1.54) is 12.8 Å². The molecule has 1 atom stereocenters. The van der Waals surface area contributed by atoms with E-state index < -0.39 is 5.54 Å². The maximum absolute atomic E-state index is 12.9. The molecule has 1 aliphatic carbocycles. The second-order valence-electron chi connectivity index (χ2n) is 6.58. The van der Waals surface area contributed by atoms with Gasteiger partial charge in [-0.1, -0.05) is 40.0 Å². The van der Waals surface area contributed by atoms with Crippen LogP contribution in [-0.2, 0) is 9.59 Å². The van der Waals surface area contributed by atoms with Crippen LogP contribution in [-0.4, -0.2) is 34.8 Å². The molecule has 21 heavy (non-hydrogen) atoms. The van der Waals surface area contributed by atoms with Crippen LogP contribution in [0, 0.1) is 5.92 Å². The van der Waals surface area contributed by atoms with Gasteiger partial charge in [0.25, 0.3) is 0 Å². The second kappa shape index (κ2) is 6.80. The summed E-state index contributed by atoms with van der Waals surface area (Å²) in [6.07, 6.45) is 8.08. The normalized spacial score (nSPS) is 25.1. The molecule has 4 nitrogen and oxygen atoms in total. The summed E-state index contributed by atoms with van der Waals surface area (Å²) in [6.45, 7) is 6.96. The average Bonchev–Trinajstić information content (AvgIpc) is 3.31. The molecule has 1 heterocycles. The zero-order chi connectivity index (χ0) is 15.5. The molecule has 0 aromatic carbocycles. The van der Waals surface area contributed by atoms with Crippen molar-refractivity contribution in [1.82, 2.24) is 10.2 Å². The van der Waals surface area contributed by atoms with Gasteiger partial charge in [0.1, 0.15) is 11.6 Å². The van der Waals surface area contributed by atoms with Crippen LogP contribution in [0.3, 0.4) is 0 Å². The first kappa shape index (κ1) is 16.3. The van der Waals surface area contributed by atoms with Gasteiger partial charge in [-0.25, -0.2) is 0 Å². The Hall–Kier alpha value is -1.06. The zero-order valence-electron chi connectivity index (χ0n) is 13.8. The molecule has 0 spiro atoms. The van der Waals surface area contributed by atoms with Crippen molar-refractivity contribution in [3.8, 4) is 0 Å². The van der Waals surface area contributed by atoms with Crippen LogP contribution in [0.5, 0.6) is 0 Å². The van der Waals surface area contributed by atoms with Gasteiger partial charge in [-0.3, -0.25) is 9.59 Å². The number of carbonyl (C=O) groups excluding carboxylic acids is 2. The number of amides is 2. The van der Waals surface area contributed by atoms with Crippen molar-refractivity contribution in [3.63, 3.8) is 0 Å². The highest BCUT2D eigenvalue weighted by Gasteiger charge is 2.53. The van der Waals surface area contributed by atoms with Gasteiger partial charge in [-0.2, -0.15) is 0 Å². The lowest BCUT2D eigenvalue weighted by atomic mass is 9.85. The summed E-state index contributed by atoms with van der Waals surface area (Å²) in [5.74, 6) is 0.614. The highest BCUT2D eigenvalue weighted by molar-refractivity contribution is 6.00. The van der Waals surface area contributed by atoms with E-state index in [-0.39, 0.29) is 17.9 Å². The first-order chi connectivity index (χ1) is 10.1. The fourth-order valence-corrected chi connectivity index (χ4v) is 3.56. The van der Waals surface area contributed by atoms with Crippen molar-refractivity contribution in [2.75, 3.05) is 6.54 Å². The Balaban J connectivity index is 2.13. The molecule has 1 aliphatic heterocycles. The molecule has 1 unspecified atom stereocenters. The molecule has 0 bridgehead atoms. The molecule has 1 saturated heterocycles. The van der Waals surface area contributed by atoms with Gasteiger partial charge in [0, 0.05) is 6.54 Å². The van der Waals surface area contributed by atoms with Gasteiger partial charge < -0.3 is 10.2 Å². The summed E-state index contributed by atoms with van der Waals surface area (Å²) >= 11 is 0. The average molecular weight is 294 g/mol. The number of nitrogens with one attached hydrogen (secondary N) is 1. The van der Waals surface area contributed by atoms with Crippen LogP contribution in [0.1, 0.15) is 72.1 Å². The number of hydrogen-bond donors (Lipinski definition) is 1. The molecule has 2 aliphatic rings. The molecular weight excluding hydrogens is 264 g/mol. The molecule has 2 rings (SSSR count). The first-order valence-corrected chi connectivity index (χ1v) is 8.73. The maximum Gasteiger partial charge on any atom is 0.246 e. The van der Waals surface area contributed by atoms with Gasteiger partial charge in [0.05, 0.1) is 0 Å². The number of rotatable bonds is 8. The Morgan fingerprint density at radius 3 is 2.29 bits per heavy atom. The number of nitrogens with zero attached hydrogens (tertiary/aromatic N) is 1. The quantitative estimate of drug-likeness (QED) is 0.700. The molecule has 0 radical (unpaired) electrons. The fourth-order valence-electron chi connectivity index (χ4n) is 3.56. The van der Waals surface area contributed by atoms with Crippen LogP contribution in [0.2, 0.25) is 0 Å². The molecule has 4 heteroatoms. The SMILES string of the molecule is CCCCCCN1C(=O)C(C2CC2)NC(=O)C1(CC)CC. The molecule has 1 N–H and O–H groups in total. The third-order valence-electron chi connectivity index (χ3n) is 5.26. The molecule has 120 valence electrons. The predicted octanol–water partition coefficient (Wildman–Crippen LogP) is 2.86. The topological polar surface area (TPSA) is 49.4 Å². The molecule has 2 fully saturated rings. The van der Waals surface area contributed by atoms with Crippen molar-refractivity contribution in [1.29, 1.82) is 0 Å². The summed E-state index contributed by atoms with van der Waals surface area (Å²) in [7, 11) is 0. The third-order valence-corrected chi connectivity index (χ3v) is 5.26.